The summed E-state index contributed by atoms with van der Waals surface area (Å²) in [7, 11) is 4.75. The quantitative estimate of drug-likeness (QED) is 0.798. The number of rotatable bonds is 6. The number of piperazine rings is 1. The molecule has 0 N–H and O–H groups in total. The fourth-order valence-electron chi connectivity index (χ4n) is 2.96. The summed E-state index contributed by atoms with van der Waals surface area (Å²) in [5.74, 6) is 1.70. The third-order valence-electron chi connectivity index (χ3n) is 4.34. The first-order valence-corrected chi connectivity index (χ1v) is 7.84. The van der Waals surface area contributed by atoms with E-state index in [9.17, 15) is 5.26 Å². The van der Waals surface area contributed by atoms with Gasteiger partial charge in [0.1, 0.15) is 6.04 Å². The molecule has 1 atom stereocenters. The Morgan fingerprint density at radius 1 is 1.04 bits per heavy atom. The van der Waals surface area contributed by atoms with Crippen LogP contribution >= 0.6 is 0 Å². The van der Waals surface area contributed by atoms with E-state index in [-0.39, 0.29) is 6.04 Å². The maximum absolute atomic E-state index is 9.69. The largest absolute Gasteiger partial charge is 0.493 e. The van der Waals surface area contributed by atoms with Crippen LogP contribution in [0.25, 0.3) is 0 Å². The van der Waals surface area contributed by atoms with Crippen LogP contribution in [0.1, 0.15) is 18.5 Å². The second-order valence-corrected chi connectivity index (χ2v) is 5.46. The molecule has 1 saturated heterocycles. The first-order chi connectivity index (χ1) is 11.2. The molecule has 6 heteroatoms. The highest BCUT2D eigenvalue weighted by atomic mass is 16.5. The third-order valence-corrected chi connectivity index (χ3v) is 4.34. The van der Waals surface area contributed by atoms with Crippen LogP contribution in [0.4, 0.5) is 0 Å². The summed E-state index contributed by atoms with van der Waals surface area (Å²) >= 11 is 0. The van der Waals surface area contributed by atoms with Gasteiger partial charge in [-0.05, 0) is 24.2 Å². The fraction of sp³-hybridized carbons (Fsp3) is 0.588. The van der Waals surface area contributed by atoms with Gasteiger partial charge in [-0.1, -0.05) is 6.92 Å². The molecule has 1 fully saturated rings. The van der Waals surface area contributed by atoms with Gasteiger partial charge in [0.05, 0.1) is 27.4 Å². The SMILES string of the molecule is CCN1CCN(C(C#N)c2cc(OC)c(OC)c(OC)c2)CC1. The molecule has 1 aromatic rings. The summed E-state index contributed by atoms with van der Waals surface area (Å²) in [4.78, 5) is 4.59. The van der Waals surface area contributed by atoms with E-state index < -0.39 is 0 Å². The van der Waals surface area contributed by atoms with Crippen molar-refractivity contribution in [1.82, 2.24) is 9.80 Å². The normalized spacial score (nSPS) is 17.3. The van der Waals surface area contributed by atoms with Gasteiger partial charge in [0.15, 0.2) is 11.5 Å². The average molecular weight is 319 g/mol. The van der Waals surface area contributed by atoms with E-state index in [1.807, 2.05) is 12.1 Å². The van der Waals surface area contributed by atoms with Crippen LogP contribution in [-0.2, 0) is 0 Å². The molecular formula is C17H25N3O3. The van der Waals surface area contributed by atoms with Crippen molar-refractivity contribution in [2.75, 3.05) is 54.1 Å². The minimum absolute atomic E-state index is 0.317. The Morgan fingerprint density at radius 2 is 1.61 bits per heavy atom. The van der Waals surface area contributed by atoms with Gasteiger partial charge in [0, 0.05) is 26.2 Å². The van der Waals surface area contributed by atoms with E-state index >= 15 is 0 Å². The average Bonchev–Trinajstić information content (AvgIpc) is 2.61. The zero-order valence-electron chi connectivity index (χ0n) is 14.3. The van der Waals surface area contributed by atoms with E-state index in [1.165, 1.54) is 0 Å². The molecule has 0 spiro atoms. The van der Waals surface area contributed by atoms with Gasteiger partial charge in [0.25, 0.3) is 0 Å². The van der Waals surface area contributed by atoms with Gasteiger partial charge in [-0.15, -0.1) is 0 Å². The number of nitriles is 1. The fourth-order valence-corrected chi connectivity index (χ4v) is 2.96. The molecule has 0 aromatic heterocycles. The molecule has 6 nitrogen and oxygen atoms in total. The van der Waals surface area contributed by atoms with Crippen LogP contribution in [0, 0.1) is 11.3 Å². The molecule has 0 amide bonds. The standard InChI is InChI=1S/C17H25N3O3/c1-5-19-6-8-20(9-7-19)14(12-18)13-10-15(21-2)17(23-4)16(11-13)22-3/h10-11,14H,5-9H2,1-4H3. The Bertz CT molecular complexity index is 538. The lowest BCUT2D eigenvalue weighted by Gasteiger charge is -2.36. The number of benzene rings is 1. The molecule has 0 aliphatic carbocycles. The van der Waals surface area contributed by atoms with Crippen molar-refractivity contribution in [3.63, 3.8) is 0 Å². The van der Waals surface area contributed by atoms with Gasteiger partial charge < -0.3 is 19.1 Å². The highest BCUT2D eigenvalue weighted by Crippen LogP contribution is 2.40. The van der Waals surface area contributed by atoms with E-state index in [1.54, 1.807) is 21.3 Å². The molecule has 1 heterocycles. The molecule has 0 saturated carbocycles. The lowest BCUT2D eigenvalue weighted by atomic mass is 10.0. The molecule has 1 aliphatic rings. The first-order valence-electron chi connectivity index (χ1n) is 7.84. The summed E-state index contributed by atoms with van der Waals surface area (Å²) in [6, 6.07) is 5.82. The van der Waals surface area contributed by atoms with Crippen LogP contribution in [0.3, 0.4) is 0 Å². The molecule has 23 heavy (non-hydrogen) atoms. The number of hydrogen-bond acceptors (Lipinski definition) is 6. The molecule has 2 rings (SSSR count). The van der Waals surface area contributed by atoms with E-state index in [2.05, 4.69) is 22.8 Å². The number of hydrogen-bond donors (Lipinski definition) is 0. The summed E-state index contributed by atoms with van der Waals surface area (Å²) in [5.41, 5.74) is 0.868. The highest BCUT2D eigenvalue weighted by Gasteiger charge is 2.26. The van der Waals surface area contributed by atoms with Gasteiger partial charge in [-0.25, -0.2) is 0 Å². The van der Waals surface area contributed by atoms with Crippen molar-refractivity contribution in [2.45, 2.75) is 13.0 Å². The van der Waals surface area contributed by atoms with Crippen LogP contribution in [0.2, 0.25) is 0 Å². The van der Waals surface area contributed by atoms with Crippen molar-refractivity contribution >= 4 is 0 Å². The molecule has 0 bridgehead atoms. The second-order valence-electron chi connectivity index (χ2n) is 5.46. The number of methoxy groups -OCH3 is 3. The Balaban J connectivity index is 2.29. The third kappa shape index (κ3) is 3.69. The van der Waals surface area contributed by atoms with Gasteiger partial charge in [0.2, 0.25) is 5.75 Å². The summed E-state index contributed by atoms with van der Waals surface area (Å²) in [6.45, 7) is 6.94. The number of ether oxygens (including phenoxy) is 3. The molecule has 1 unspecified atom stereocenters. The van der Waals surface area contributed by atoms with Gasteiger partial charge in [-0.2, -0.15) is 5.26 Å². The topological polar surface area (TPSA) is 58.0 Å². The van der Waals surface area contributed by atoms with Crippen molar-refractivity contribution in [1.29, 1.82) is 5.26 Å². The summed E-state index contributed by atoms with van der Waals surface area (Å²) in [6.07, 6.45) is 0. The lowest BCUT2D eigenvalue weighted by Crippen LogP contribution is -2.47. The Morgan fingerprint density at radius 3 is 2.00 bits per heavy atom. The second kappa shape index (κ2) is 8.04. The van der Waals surface area contributed by atoms with Crippen LogP contribution in [-0.4, -0.2) is 63.9 Å². The summed E-state index contributed by atoms with van der Waals surface area (Å²) in [5, 5.41) is 9.69. The zero-order valence-corrected chi connectivity index (χ0v) is 14.3. The highest BCUT2D eigenvalue weighted by molar-refractivity contribution is 5.55. The number of likely N-dealkylation sites (N-methyl/N-ethyl adjacent to an activating group) is 1. The Labute approximate surface area is 138 Å². The maximum atomic E-state index is 9.69. The predicted octanol–water partition coefficient (Wildman–Crippen LogP) is 1.91. The van der Waals surface area contributed by atoms with Crippen LogP contribution in [0.5, 0.6) is 17.2 Å². The van der Waals surface area contributed by atoms with Crippen molar-refractivity contribution in [3.05, 3.63) is 17.7 Å². The van der Waals surface area contributed by atoms with Gasteiger partial charge in [-0.3, -0.25) is 4.90 Å². The van der Waals surface area contributed by atoms with Crippen LogP contribution in [0.15, 0.2) is 12.1 Å². The minimum atomic E-state index is -0.317. The Hall–Kier alpha value is -1.97. The lowest BCUT2D eigenvalue weighted by molar-refractivity contribution is 0.118. The van der Waals surface area contributed by atoms with Crippen molar-refractivity contribution in [3.8, 4) is 23.3 Å². The van der Waals surface area contributed by atoms with E-state index in [4.69, 9.17) is 14.2 Å². The summed E-state index contributed by atoms with van der Waals surface area (Å²) < 4.78 is 16.1. The maximum Gasteiger partial charge on any atom is 0.203 e. The van der Waals surface area contributed by atoms with E-state index in [0.717, 1.165) is 38.3 Å². The monoisotopic (exact) mass is 319 g/mol. The van der Waals surface area contributed by atoms with Gasteiger partial charge >= 0.3 is 0 Å². The smallest absolute Gasteiger partial charge is 0.203 e. The first kappa shape index (κ1) is 17.4. The Kier molecular flexibility index (Phi) is 6.08. The van der Waals surface area contributed by atoms with E-state index in [0.29, 0.717) is 17.2 Å². The zero-order chi connectivity index (χ0) is 16.8. The molecule has 0 radical (unpaired) electrons. The van der Waals surface area contributed by atoms with Crippen molar-refractivity contribution < 1.29 is 14.2 Å². The molecule has 1 aliphatic heterocycles. The number of nitrogens with zero attached hydrogens (tertiary/aromatic N) is 3. The van der Waals surface area contributed by atoms with Crippen molar-refractivity contribution in [2.24, 2.45) is 0 Å². The predicted molar refractivity (Wildman–Crippen MR) is 88.1 cm³/mol. The minimum Gasteiger partial charge on any atom is -0.493 e. The molecular weight excluding hydrogens is 294 g/mol. The molecule has 126 valence electrons. The van der Waals surface area contributed by atoms with Crippen LogP contribution < -0.4 is 14.2 Å². The molecule has 1 aromatic carbocycles.